The Morgan fingerprint density at radius 2 is 1.39 bits per heavy atom. The minimum Gasteiger partial charge on any atom is -0.501 e. The second kappa shape index (κ2) is 10.4. The summed E-state index contributed by atoms with van der Waals surface area (Å²) >= 11 is 0. The van der Waals surface area contributed by atoms with Crippen LogP contribution in [0.3, 0.4) is 0 Å². The summed E-state index contributed by atoms with van der Waals surface area (Å²) in [4.78, 5) is 0. The molecule has 0 spiro atoms. The molecule has 1 radical (unpaired) electrons. The van der Waals surface area contributed by atoms with Crippen molar-refractivity contribution in [1.82, 2.24) is 0 Å². The van der Waals surface area contributed by atoms with Gasteiger partial charge in [0.1, 0.15) is 0 Å². The molecule has 0 saturated carbocycles. The quantitative estimate of drug-likeness (QED) is 0.402. The van der Waals surface area contributed by atoms with E-state index in [2.05, 4.69) is 6.92 Å². The van der Waals surface area contributed by atoms with Crippen LogP contribution in [0.5, 0.6) is 0 Å². The Balaban J connectivity index is 3.38. The van der Waals surface area contributed by atoms with E-state index in [1.807, 2.05) is 0 Å². The van der Waals surface area contributed by atoms with E-state index in [9.17, 15) is 4.32 Å². The highest BCUT2D eigenvalue weighted by molar-refractivity contribution is 6.51. The van der Waals surface area contributed by atoms with Crippen molar-refractivity contribution < 1.29 is 8.71 Å². The van der Waals surface area contributed by atoms with Gasteiger partial charge in [0.15, 0.2) is 0 Å². The predicted octanol–water partition coefficient (Wildman–Crippen LogP) is 4.11. The average Bonchev–Trinajstić information content (AvgIpc) is 2.35. The molecule has 0 saturated heterocycles. The fourth-order valence-corrected chi connectivity index (χ4v) is 2.10. The summed E-state index contributed by atoms with van der Waals surface area (Å²) in [5.41, 5.74) is 0. The zero-order valence-electron chi connectivity index (χ0n) is 12.4. The fourth-order valence-electron chi connectivity index (χ4n) is 2.10. The second-order valence-electron chi connectivity index (χ2n) is 5.80. The van der Waals surface area contributed by atoms with Gasteiger partial charge in [0.05, 0.1) is 0 Å². The Kier molecular flexibility index (Phi) is 10.1. The molecule has 0 N–H and O–H groups in total. The third-order valence-corrected chi connectivity index (χ3v) is 3.56. The summed E-state index contributed by atoms with van der Waals surface area (Å²) in [6.45, 7) is 2.99. The minimum atomic E-state index is -1.39. The lowest BCUT2D eigenvalue weighted by molar-refractivity contribution is -0.788. The molecule has 0 aromatic rings. The lowest BCUT2D eigenvalue weighted by Crippen LogP contribution is -2.50. The maximum atomic E-state index is 13.3. The van der Waals surface area contributed by atoms with E-state index in [4.69, 9.17) is 5.26 Å². The SMILES string of the molecule is CCCCCCCCCCC[N+](C)(C)[B-](F)C#N. The molecule has 0 unspecified atom stereocenters. The fraction of sp³-hybridized carbons (Fsp3) is 0.929. The molecule has 18 heavy (non-hydrogen) atoms. The molecule has 0 amide bonds. The highest BCUT2D eigenvalue weighted by atomic mass is 19.1. The summed E-state index contributed by atoms with van der Waals surface area (Å²) in [5.74, 6) is 1.69. The van der Waals surface area contributed by atoms with Crippen molar-refractivity contribution in [3.8, 4) is 5.97 Å². The molecular weight excluding hydrogens is 226 g/mol. The maximum absolute atomic E-state index is 13.3. The van der Waals surface area contributed by atoms with Gasteiger partial charge in [-0.15, -0.1) is 0 Å². The van der Waals surface area contributed by atoms with Crippen LogP contribution in [0.4, 0.5) is 4.32 Å². The Morgan fingerprint density at radius 1 is 0.944 bits per heavy atom. The van der Waals surface area contributed by atoms with Crippen molar-refractivity contribution in [1.29, 1.82) is 5.26 Å². The molecule has 2 nitrogen and oxygen atoms in total. The Bertz CT molecular complexity index is 238. The summed E-state index contributed by atoms with van der Waals surface area (Å²) < 4.78 is 13.4. The van der Waals surface area contributed by atoms with Gasteiger partial charge in [-0.05, 0) is 12.8 Å². The van der Waals surface area contributed by atoms with E-state index in [1.165, 1.54) is 44.9 Å². The lowest BCUT2D eigenvalue weighted by atomic mass is 9.84. The van der Waals surface area contributed by atoms with Crippen molar-refractivity contribution in [2.45, 2.75) is 64.7 Å². The van der Waals surface area contributed by atoms with Gasteiger partial charge in [0.25, 0.3) is 0 Å². The smallest absolute Gasteiger partial charge is 0.430 e. The molecule has 0 aliphatic carbocycles. The number of quaternary nitrogens is 1. The van der Waals surface area contributed by atoms with Gasteiger partial charge in [-0.3, -0.25) is 0 Å². The number of nitriles is 1. The van der Waals surface area contributed by atoms with Crippen LogP contribution in [0.1, 0.15) is 64.7 Å². The first-order valence-electron chi connectivity index (χ1n) is 7.41. The largest absolute Gasteiger partial charge is 0.501 e. The van der Waals surface area contributed by atoms with E-state index >= 15 is 0 Å². The van der Waals surface area contributed by atoms with Crippen molar-refractivity contribution in [2.75, 3.05) is 20.6 Å². The zero-order valence-corrected chi connectivity index (χ0v) is 12.4. The van der Waals surface area contributed by atoms with Crippen LogP contribution in [0.25, 0.3) is 0 Å². The molecule has 0 aliphatic heterocycles. The van der Waals surface area contributed by atoms with Crippen molar-refractivity contribution in [2.24, 2.45) is 0 Å². The van der Waals surface area contributed by atoms with E-state index in [1.54, 1.807) is 20.1 Å². The number of nitrogens with zero attached hydrogens (tertiary/aromatic N) is 2. The molecule has 0 aromatic carbocycles. The van der Waals surface area contributed by atoms with Crippen LogP contribution < -0.4 is 0 Å². The van der Waals surface area contributed by atoms with Crippen LogP contribution >= 0.6 is 0 Å². The van der Waals surface area contributed by atoms with Gasteiger partial charge >= 0.3 is 7.12 Å². The molecule has 0 bridgehead atoms. The Morgan fingerprint density at radius 3 is 1.83 bits per heavy atom. The number of halogens is 1. The minimum absolute atomic E-state index is 0.174. The molecule has 0 atom stereocenters. The van der Waals surface area contributed by atoms with Crippen LogP contribution in [0.15, 0.2) is 0 Å². The number of rotatable bonds is 11. The molecule has 0 heterocycles. The van der Waals surface area contributed by atoms with E-state index < -0.39 is 7.12 Å². The van der Waals surface area contributed by atoms with Crippen LogP contribution in [0.2, 0.25) is 0 Å². The lowest BCUT2D eigenvalue weighted by Gasteiger charge is -2.39. The van der Waals surface area contributed by atoms with Crippen molar-refractivity contribution in [3.63, 3.8) is 0 Å². The highest BCUT2D eigenvalue weighted by Gasteiger charge is 2.19. The molecule has 0 rings (SSSR count). The first kappa shape index (κ1) is 17.4. The van der Waals surface area contributed by atoms with Crippen molar-refractivity contribution in [3.05, 3.63) is 0 Å². The molecule has 0 aliphatic rings. The van der Waals surface area contributed by atoms with E-state index in [-0.39, 0.29) is 4.39 Å². The van der Waals surface area contributed by atoms with E-state index in [0.717, 1.165) is 19.4 Å². The van der Waals surface area contributed by atoms with E-state index in [0.29, 0.717) is 0 Å². The molecule has 0 aromatic heterocycles. The average molecular weight is 255 g/mol. The van der Waals surface area contributed by atoms with Gasteiger partial charge in [-0.2, -0.15) is 0 Å². The third kappa shape index (κ3) is 8.52. The monoisotopic (exact) mass is 255 g/mol. The van der Waals surface area contributed by atoms with Crippen LogP contribution in [-0.4, -0.2) is 32.2 Å². The number of hydrogen-bond acceptors (Lipinski definition) is 1. The zero-order chi connectivity index (χ0) is 13.9. The molecule has 4 heteroatoms. The van der Waals surface area contributed by atoms with Gasteiger partial charge < -0.3 is 8.71 Å². The van der Waals surface area contributed by atoms with Crippen LogP contribution in [-0.2, 0) is 0 Å². The van der Waals surface area contributed by atoms with Gasteiger partial charge in [0.2, 0.25) is 0 Å². The van der Waals surface area contributed by atoms with Gasteiger partial charge in [0, 0.05) is 20.6 Å². The molecule has 105 valence electrons. The second-order valence-corrected chi connectivity index (χ2v) is 5.80. The number of unbranched alkanes of at least 4 members (excludes halogenated alkanes) is 8. The Hall–Kier alpha value is -0.555. The highest BCUT2D eigenvalue weighted by Crippen LogP contribution is 2.12. The standard InChI is InChI=1S/C14H29BFN2/c1-4-5-6-7-8-9-10-11-12-13-18(2,3)15(16)14-17/h4-13H2,1-3H3. The molecular formula is C14H29BFN2. The summed E-state index contributed by atoms with van der Waals surface area (Å²) in [5, 5.41) is 8.57. The molecule has 0 fully saturated rings. The Labute approximate surface area is 113 Å². The summed E-state index contributed by atoms with van der Waals surface area (Å²) in [6.07, 6.45) is 11.4. The third-order valence-electron chi connectivity index (χ3n) is 3.56. The summed E-state index contributed by atoms with van der Waals surface area (Å²) in [6, 6.07) is 0. The van der Waals surface area contributed by atoms with Gasteiger partial charge in [-0.25, -0.2) is 5.26 Å². The topological polar surface area (TPSA) is 23.8 Å². The van der Waals surface area contributed by atoms with Crippen LogP contribution in [0, 0.1) is 11.2 Å². The first-order chi connectivity index (χ1) is 8.54. The summed E-state index contributed by atoms with van der Waals surface area (Å²) in [7, 11) is 2.19. The van der Waals surface area contributed by atoms with Crippen molar-refractivity contribution >= 4 is 7.12 Å². The maximum Gasteiger partial charge on any atom is 0.430 e. The first-order valence-corrected chi connectivity index (χ1v) is 7.41. The van der Waals surface area contributed by atoms with Gasteiger partial charge in [-0.1, -0.05) is 57.8 Å². The number of hydrogen-bond donors (Lipinski definition) is 0. The predicted molar refractivity (Wildman–Crippen MR) is 76.7 cm³/mol. The normalized spacial score (nSPS) is 11.8.